The molecule has 9 heteroatoms. The van der Waals surface area contributed by atoms with Gasteiger partial charge in [0.1, 0.15) is 6.61 Å². The molecule has 2 aromatic carbocycles. The number of fused-ring (bicyclic) bond motifs is 2. The third-order valence-corrected chi connectivity index (χ3v) is 6.91. The normalized spacial score (nSPS) is 18.6. The zero-order valence-corrected chi connectivity index (χ0v) is 19.3. The SMILES string of the molecule is Cc1cc(Cl)cc2sc(N(CCN3CCOCC3)C(=O)C3COc4ccccc4O3)nc12. The lowest BCUT2D eigenvalue weighted by molar-refractivity contribution is -0.127. The average molecular weight is 474 g/mol. The molecule has 2 aliphatic rings. The number of carbonyl (C=O) groups excluding carboxylic acids is 1. The Kier molecular flexibility index (Phi) is 6.19. The van der Waals surface area contributed by atoms with Crippen LogP contribution in [0.15, 0.2) is 36.4 Å². The maximum Gasteiger partial charge on any atom is 0.273 e. The Morgan fingerprint density at radius 1 is 1.25 bits per heavy atom. The summed E-state index contributed by atoms with van der Waals surface area (Å²) in [5, 5.41) is 1.31. The molecule has 1 atom stereocenters. The topological polar surface area (TPSA) is 64.1 Å². The minimum Gasteiger partial charge on any atom is -0.485 e. The molecular weight excluding hydrogens is 450 g/mol. The molecule has 0 N–H and O–H groups in total. The monoisotopic (exact) mass is 473 g/mol. The van der Waals surface area contributed by atoms with E-state index in [1.807, 2.05) is 43.3 Å². The lowest BCUT2D eigenvalue weighted by Gasteiger charge is -2.32. The van der Waals surface area contributed by atoms with Crippen LogP contribution in [0.4, 0.5) is 5.13 Å². The number of hydrogen-bond acceptors (Lipinski definition) is 7. The van der Waals surface area contributed by atoms with Crippen LogP contribution in [0.5, 0.6) is 11.5 Å². The molecule has 5 rings (SSSR count). The Hall–Kier alpha value is -2.39. The predicted molar refractivity (Wildman–Crippen MR) is 125 cm³/mol. The second-order valence-electron chi connectivity index (χ2n) is 7.87. The highest BCUT2D eigenvalue weighted by molar-refractivity contribution is 7.22. The third kappa shape index (κ3) is 4.41. The molecule has 2 aliphatic heterocycles. The fourth-order valence-electron chi connectivity index (χ4n) is 3.94. The van der Waals surface area contributed by atoms with Crippen LogP contribution in [-0.2, 0) is 9.53 Å². The van der Waals surface area contributed by atoms with E-state index in [2.05, 4.69) is 4.90 Å². The number of ether oxygens (including phenoxy) is 3. The van der Waals surface area contributed by atoms with Crippen molar-refractivity contribution in [2.75, 3.05) is 50.9 Å². The first-order chi connectivity index (χ1) is 15.6. The van der Waals surface area contributed by atoms with Crippen molar-refractivity contribution in [3.8, 4) is 11.5 Å². The van der Waals surface area contributed by atoms with Crippen LogP contribution in [0.3, 0.4) is 0 Å². The molecule has 168 valence electrons. The van der Waals surface area contributed by atoms with Crippen LogP contribution in [0, 0.1) is 6.92 Å². The van der Waals surface area contributed by atoms with Crippen molar-refractivity contribution in [3.63, 3.8) is 0 Å². The Bertz CT molecular complexity index is 1130. The van der Waals surface area contributed by atoms with Gasteiger partial charge in [0.25, 0.3) is 5.91 Å². The van der Waals surface area contributed by atoms with Gasteiger partial charge in [0.2, 0.25) is 6.10 Å². The van der Waals surface area contributed by atoms with Gasteiger partial charge in [0.15, 0.2) is 16.6 Å². The summed E-state index contributed by atoms with van der Waals surface area (Å²) < 4.78 is 18.2. The van der Waals surface area contributed by atoms with Gasteiger partial charge >= 0.3 is 0 Å². The summed E-state index contributed by atoms with van der Waals surface area (Å²) in [6.45, 7) is 6.51. The number of thiazole rings is 1. The van der Waals surface area contributed by atoms with Crippen molar-refractivity contribution in [2.24, 2.45) is 0 Å². The summed E-state index contributed by atoms with van der Waals surface area (Å²) in [6.07, 6.45) is -0.730. The maximum atomic E-state index is 13.6. The van der Waals surface area contributed by atoms with Gasteiger partial charge in [0, 0.05) is 31.2 Å². The number of hydrogen-bond donors (Lipinski definition) is 0. The number of carbonyl (C=O) groups is 1. The van der Waals surface area contributed by atoms with Crippen molar-refractivity contribution >= 4 is 44.2 Å². The Morgan fingerprint density at radius 3 is 2.84 bits per heavy atom. The van der Waals surface area contributed by atoms with E-state index in [0.717, 1.165) is 35.4 Å². The van der Waals surface area contributed by atoms with Crippen molar-refractivity contribution in [2.45, 2.75) is 13.0 Å². The molecule has 1 unspecified atom stereocenters. The van der Waals surface area contributed by atoms with Gasteiger partial charge in [-0.15, -0.1) is 0 Å². The molecule has 1 amide bonds. The number of anilines is 1. The summed E-state index contributed by atoms with van der Waals surface area (Å²) in [7, 11) is 0. The number of nitrogens with zero attached hydrogens (tertiary/aromatic N) is 3. The Balaban J connectivity index is 1.43. The van der Waals surface area contributed by atoms with Crippen LogP contribution in [0.25, 0.3) is 10.2 Å². The summed E-state index contributed by atoms with van der Waals surface area (Å²) in [5.41, 5.74) is 1.85. The van der Waals surface area contributed by atoms with Crippen molar-refractivity contribution in [1.29, 1.82) is 0 Å². The number of aryl methyl sites for hydroxylation is 1. The quantitative estimate of drug-likeness (QED) is 0.562. The number of para-hydroxylation sites is 2. The molecular formula is C23H24ClN3O4S. The molecule has 3 heterocycles. The Morgan fingerprint density at radius 2 is 2.03 bits per heavy atom. The minimum atomic E-state index is -0.730. The molecule has 1 fully saturated rings. The highest BCUT2D eigenvalue weighted by Crippen LogP contribution is 2.35. The molecule has 32 heavy (non-hydrogen) atoms. The lowest BCUT2D eigenvalue weighted by atomic mass is 10.2. The molecule has 0 saturated carbocycles. The highest BCUT2D eigenvalue weighted by Gasteiger charge is 2.33. The van der Waals surface area contributed by atoms with Crippen LogP contribution in [0.2, 0.25) is 5.02 Å². The number of aromatic nitrogens is 1. The van der Waals surface area contributed by atoms with Crippen molar-refractivity contribution in [3.05, 3.63) is 47.0 Å². The Labute approximate surface area is 195 Å². The molecule has 7 nitrogen and oxygen atoms in total. The van der Waals surface area contributed by atoms with E-state index in [9.17, 15) is 4.79 Å². The summed E-state index contributed by atoms with van der Waals surface area (Å²) in [6, 6.07) is 11.2. The van der Waals surface area contributed by atoms with E-state index in [-0.39, 0.29) is 12.5 Å². The van der Waals surface area contributed by atoms with Crippen molar-refractivity contribution in [1.82, 2.24) is 9.88 Å². The van der Waals surface area contributed by atoms with Crippen LogP contribution < -0.4 is 14.4 Å². The number of amides is 1. The van der Waals surface area contributed by atoms with Gasteiger partial charge in [0.05, 0.1) is 23.4 Å². The first-order valence-electron chi connectivity index (χ1n) is 10.6. The zero-order valence-electron chi connectivity index (χ0n) is 17.8. The number of morpholine rings is 1. The number of rotatable bonds is 5. The summed E-state index contributed by atoms with van der Waals surface area (Å²) >= 11 is 7.72. The lowest BCUT2D eigenvalue weighted by Crippen LogP contribution is -2.49. The molecule has 3 aromatic rings. The number of halogens is 1. The van der Waals surface area contributed by atoms with Crippen LogP contribution >= 0.6 is 22.9 Å². The fraction of sp³-hybridized carbons (Fsp3) is 0.391. The minimum absolute atomic E-state index is 0.157. The number of benzene rings is 2. The van der Waals surface area contributed by atoms with E-state index in [0.29, 0.717) is 41.4 Å². The summed E-state index contributed by atoms with van der Waals surface area (Å²) in [5.74, 6) is 1.08. The van der Waals surface area contributed by atoms with Gasteiger partial charge in [-0.05, 0) is 36.8 Å². The van der Waals surface area contributed by atoms with E-state index in [1.54, 1.807) is 4.90 Å². The molecule has 0 radical (unpaired) electrons. The van der Waals surface area contributed by atoms with Gasteiger partial charge < -0.3 is 14.2 Å². The first kappa shape index (κ1) is 21.5. The largest absolute Gasteiger partial charge is 0.485 e. The van der Waals surface area contributed by atoms with Gasteiger partial charge in [-0.2, -0.15) is 0 Å². The molecule has 0 aliphatic carbocycles. The summed E-state index contributed by atoms with van der Waals surface area (Å²) in [4.78, 5) is 22.5. The van der Waals surface area contributed by atoms with Crippen LogP contribution in [0.1, 0.15) is 5.56 Å². The zero-order chi connectivity index (χ0) is 22.1. The average Bonchev–Trinajstić information content (AvgIpc) is 3.23. The standard InChI is InChI=1S/C23H24ClN3O4S/c1-15-12-16(24)13-20-21(15)25-23(32-20)27(7-6-26-8-10-29-11-9-26)22(28)19-14-30-17-4-2-3-5-18(17)31-19/h2-5,12-13,19H,6-11,14H2,1H3. The predicted octanol–water partition coefficient (Wildman–Crippen LogP) is 3.76. The third-order valence-electron chi connectivity index (χ3n) is 5.66. The van der Waals surface area contributed by atoms with E-state index in [4.69, 9.17) is 30.8 Å². The first-order valence-corrected chi connectivity index (χ1v) is 11.8. The van der Waals surface area contributed by atoms with Gasteiger partial charge in [-0.25, -0.2) is 4.98 Å². The highest BCUT2D eigenvalue weighted by atomic mass is 35.5. The van der Waals surface area contributed by atoms with E-state index in [1.165, 1.54) is 11.3 Å². The second-order valence-corrected chi connectivity index (χ2v) is 9.32. The molecule has 0 spiro atoms. The molecule has 0 bridgehead atoms. The van der Waals surface area contributed by atoms with E-state index >= 15 is 0 Å². The van der Waals surface area contributed by atoms with Gasteiger partial charge in [-0.1, -0.05) is 35.1 Å². The second kappa shape index (κ2) is 9.23. The smallest absolute Gasteiger partial charge is 0.273 e. The molecule has 1 aromatic heterocycles. The fourth-order valence-corrected chi connectivity index (χ4v) is 5.39. The van der Waals surface area contributed by atoms with Gasteiger partial charge in [-0.3, -0.25) is 14.6 Å². The van der Waals surface area contributed by atoms with Crippen molar-refractivity contribution < 1.29 is 19.0 Å². The van der Waals surface area contributed by atoms with E-state index < -0.39 is 6.10 Å². The molecule has 1 saturated heterocycles. The maximum absolute atomic E-state index is 13.6. The van der Waals surface area contributed by atoms with Crippen LogP contribution in [-0.4, -0.2) is 67.9 Å².